The van der Waals surface area contributed by atoms with Crippen molar-refractivity contribution in [1.29, 1.82) is 0 Å². The summed E-state index contributed by atoms with van der Waals surface area (Å²) in [5, 5.41) is 4.34. The van der Waals surface area contributed by atoms with Gasteiger partial charge >= 0.3 is 0 Å². The van der Waals surface area contributed by atoms with Crippen molar-refractivity contribution in [2.24, 2.45) is 11.3 Å². The minimum absolute atomic E-state index is 0.00312. The van der Waals surface area contributed by atoms with Crippen LogP contribution in [0.5, 0.6) is 0 Å². The molecule has 1 aromatic carbocycles. The van der Waals surface area contributed by atoms with Gasteiger partial charge in [-0.1, -0.05) is 18.2 Å². The zero-order chi connectivity index (χ0) is 21.4. The summed E-state index contributed by atoms with van der Waals surface area (Å²) in [6.45, 7) is 3.02. The highest BCUT2D eigenvalue weighted by atomic mass is 19.1. The highest BCUT2D eigenvalue weighted by Gasteiger charge is 2.46. The van der Waals surface area contributed by atoms with E-state index in [4.69, 9.17) is 0 Å². The number of carbonyl (C=O) groups excluding carboxylic acids is 2. The lowest BCUT2D eigenvalue weighted by atomic mass is 9.71. The third-order valence-corrected chi connectivity index (χ3v) is 7.17. The van der Waals surface area contributed by atoms with Crippen LogP contribution < -0.4 is 0 Å². The van der Waals surface area contributed by atoms with E-state index in [0.29, 0.717) is 56.1 Å². The number of halogens is 1. The maximum atomic E-state index is 14.1. The van der Waals surface area contributed by atoms with E-state index in [-0.39, 0.29) is 17.6 Å². The molecule has 1 saturated carbocycles. The van der Waals surface area contributed by atoms with E-state index in [0.717, 1.165) is 19.4 Å². The normalized spacial score (nSPS) is 21.0. The van der Waals surface area contributed by atoms with Gasteiger partial charge in [-0.25, -0.2) is 4.39 Å². The van der Waals surface area contributed by atoms with E-state index >= 15 is 0 Å². The molecule has 0 N–H and O–H groups in total. The Hall–Kier alpha value is -2.70. The van der Waals surface area contributed by atoms with Crippen molar-refractivity contribution >= 4 is 11.8 Å². The first-order valence-corrected chi connectivity index (χ1v) is 11.4. The van der Waals surface area contributed by atoms with E-state index < -0.39 is 5.41 Å². The fraction of sp³-hybridized carbons (Fsp3) is 0.542. The summed E-state index contributed by atoms with van der Waals surface area (Å²) in [5.41, 5.74) is 0.771. The van der Waals surface area contributed by atoms with Crippen molar-refractivity contribution < 1.29 is 14.0 Å². The van der Waals surface area contributed by atoms with Gasteiger partial charge in [0.2, 0.25) is 5.91 Å². The van der Waals surface area contributed by atoms with Gasteiger partial charge in [-0.05, 0) is 50.5 Å². The van der Waals surface area contributed by atoms with Crippen molar-refractivity contribution in [3.8, 4) is 0 Å². The van der Waals surface area contributed by atoms with Gasteiger partial charge < -0.3 is 9.80 Å². The van der Waals surface area contributed by atoms with Crippen molar-refractivity contribution in [3.63, 3.8) is 0 Å². The van der Waals surface area contributed by atoms with Gasteiger partial charge in [0.15, 0.2) is 0 Å². The van der Waals surface area contributed by atoms with Crippen LogP contribution in [0.4, 0.5) is 4.39 Å². The van der Waals surface area contributed by atoms with Crippen LogP contribution in [0.1, 0.15) is 54.4 Å². The molecule has 5 rings (SSSR count). The summed E-state index contributed by atoms with van der Waals surface area (Å²) in [5.74, 6) is 0.564. The molecule has 7 heteroatoms. The topological polar surface area (TPSA) is 58.4 Å². The van der Waals surface area contributed by atoms with Gasteiger partial charge in [0, 0.05) is 44.5 Å². The van der Waals surface area contributed by atoms with E-state index in [1.165, 1.54) is 18.9 Å². The summed E-state index contributed by atoms with van der Waals surface area (Å²) in [7, 11) is 0. The van der Waals surface area contributed by atoms with Gasteiger partial charge in [-0.2, -0.15) is 5.10 Å². The maximum absolute atomic E-state index is 14.1. The SMILES string of the molecule is O=C(c1cnn(CC2CC2)c1)N1CCC2(CCCN(Cc3ccccc3F)C2=O)CC1. The minimum Gasteiger partial charge on any atom is -0.338 e. The van der Waals surface area contributed by atoms with Crippen LogP contribution in [0.2, 0.25) is 0 Å². The van der Waals surface area contributed by atoms with Gasteiger partial charge in [0.25, 0.3) is 5.91 Å². The molecule has 0 unspecified atom stereocenters. The van der Waals surface area contributed by atoms with E-state index in [1.54, 1.807) is 29.3 Å². The Morgan fingerprint density at radius 2 is 1.90 bits per heavy atom. The fourth-order valence-electron chi connectivity index (χ4n) is 5.06. The molecule has 3 fully saturated rings. The third-order valence-electron chi connectivity index (χ3n) is 7.17. The zero-order valence-electron chi connectivity index (χ0n) is 17.8. The number of hydrogen-bond acceptors (Lipinski definition) is 3. The average Bonchev–Trinajstić information content (AvgIpc) is 3.47. The first kappa shape index (κ1) is 20.2. The molecule has 3 aliphatic rings. The predicted octanol–water partition coefficient (Wildman–Crippen LogP) is 3.48. The second kappa shape index (κ2) is 8.09. The number of hydrogen-bond donors (Lipinski definition) is 0. The molecule has 3 heterocycles. The largest absolute Gasteiger partial charge is 0.338 e. The molecule has 0 bridgehead atoms. The Morgan fingerprint density at radius 3 is 2.65 bits per heavy atom. The number of piperidine rings is 2. The third kappa shape index (κ3) is 4.10. The van der Waals surface area contributed by atoms with Gasteiger partial charge in [0.05, 0.1) is 17.2 Å². The second-order valence-electron chi connectivity index (χ2n) is 9.39. The summed E-state index contributed by atoms with van der Waals surface area (Å²) in [4.78, 5) is 30.0. The molecule has 6 nitrogen and oxygen atoms in total. The highest BCUT2D eigenvalue weighted by Crippen LogP contribution is 2.41. The van der Waals surface area contributed by atoms with Crippen molar-refractivity contribution in [2.75, 3.05) is 19.6 Å². The molecular formula is C24H29FN4O2. The second-order valence-corrected chi connectivity index (χ2v) is 9.39. The zero-order valence-corrected chi connectivity index (χ0v) is 17.8. The summed E-state index contributed by atoms with van der Waals surface area (Å²) in [6.07, 6.45) is 9.12. The fourth-order valence-corrected chi connectivity index (χ4v) is 5.06. The number of rotatable bonds is 5. The first-order valence-electron chi connectivity index (χ1n) is 11.4. The van der Waals surface area contributed by atoms with Crippen LogP contribution in [0.3, 0.4) is 0 Å². The van der Waals surface area contributed by atoms with Crippen LogP contribution in [0, 0.1) is 17.2 Å². The molecular weight excluding hydrogens is 395 g/mol. The molecule has 1 spiro atoms. The maximum Gasteiger partial charge on any atom is 0.257 e. The molecule has 1 aromatic heterocycles. The van der Waals surface area contributed by atoms with Gasteiger partial charge in [-0.15, -0.1) is 0 Å². The quantitative estimate of drug-likeness (QED) is 0.738. The van der Waals surface area contributed by atoms with E-state index in [2.05, 4.69) is 5.10 Å². The number of carbonyl (C=O) groups is 2. The molecule has 0 radical (unpaired) electrons. The van der Waals surface area contributed by atoms with Gasteiger partial charge in [-0.3, -0.25) is 14.3 Å². The molecule has 2 amide bonds. The molecule has 31 heavy (non-hydrogen) atoms. The molecule has 164 valence electrons. The number of benzene rings is 1. The first-order chi connectivity index (χ1) is 15.0. The number of aromatic nitrogens is 2. The van der Waals surface area contributed by atoms with Crippen LogP contribution in [0.25, 0.3) is 0 Å². The lowest BCUT2D eigenvalue weighted by molar-refractivity contribution is -0.150. The van der Waals surface area contributed by atoms with Gasteiger partial charge in [0.1, 0.15) is 5.82 Å². The summed E-state index contributed by atoms with van der Waals surface area (Å²) in [6, 6.07) is 6.66. The number of likely N-dealkylation sites (tertiary alicyclic amines) is 2. The van der Waals surface area contributed by atoms with E-state index in [9.17, 15) is 14.0 Å². The monoisotopic (exact) mass is 424 g/mol. The van der Waals surface area contributed by atoms with Crippen LogP contribution in [-0.2, 0) is 17.9 Å². The van der Waals surface area contributed by atoms with Crippen molar-refractivity contribution in [2.45, 2.75) is 51.6 Å². The Labute approximate surface area is 182 Å². The van der Waals surface area contributed by atoms with Crippen LogP contribution in [-0.4, -0.2) is 51.0 Å². The molecule has 2 aromatic rings. The summed E-state index contributed by atoms with van der Waals surface area (Å²) < 4.78 is 16.0. The van der Waals surface area contributed by atoms with E-state index in [1.807, 2.05) is 15.8 Å². The molecule has 1 aliphatic carbocycles. The molecule has 2 saturated heterocycles. The Kier molecular flexibility index (Phi) is 5.28. The lowest BCUT2D eigenvalue weighted by Crippen LogP contribution is -2.54. The Bertz CT molecular complexity index is 975. The average molecular weight is 425 g/mol. The van der Waals surface area contributed by atoms with Crippen LogP contribution in [0.15, 0.2) is 36.7 Å². The Balaban J connectivity index is 1.22. The Morgan fingerprint density at radius 1 is 1.13 bits per heavy atom. The predicted molar refractivity (Wildman–Crippen MR) is 114 cm³/mol. The number of nitrogens with zero attached hydrogens (tertiary/aromatic N) is 4. The van der Waals surface area contributed by atoms with Crippen molar-refractivity contribution in [1.82, 2.24) is 19.6 Å². The minimum atomic E-state index is -0.420. The van der Waals surface area contributed by atoms with Crippen molar-refractivity contribution in [3.05, 3.63) is 53.6 Å². The smallest absolute Gasteiger partial charge is 0.257 e. The molecule has 2 aliphatic heterocycles. The highest BCUT2D eigenvalue weighted by molar-refractivity contribution is 5.94. The summed E-state index contributed by atoms with van der Waals surface area (Å²) >= 11 is 0. The lowest BCUT2D eigenvalue weighted by Gasteiger charge is -2.46. The standard InChI is InChI=1S/C24H29FN4O2/c25-21-5-2-1-4-19(21)16-28-11-3-8-24(23(28)31)9-12-27(13-10-24)22(30)20-14-26-29(17-20)15-18-6-7-18/h1-2,4-5,14,17-18H,3,6-13,15-16H2. The molecule has 0 atom stereocenters. The van der Waals surface area contributed by atoms with Crippen LogP contribution >= 0.6 is 0 Å². The number of amides is 2.